The minimum absolute atomic E-state index is 0.0498. The van der Waals surface area contributed by atoms with E-state index in [4.69, 9.17) is 11.5 Å². The van der Waals surface area contributed by atoms with Crippen LogP contribution in [0.1, 0.15) is 12.0 Å². The van der Waals surface area contributed by atoms with Gasteiger partial charge in [-0.1, -0.05) is 28.1 Å². The predicted molar refractivity (Wildman–Crippen MR) is 76.2 cm³/mol. The van der Waals surface area contributed by atoms with Crippen molar-refractivity contribution < 1.29 is 14.7 Å². The van der Waals surface area contributed by atoms with Crippen LogP contribution in [0.3, 0.4) is 0 Å². The molecular formula is C14H12BrNO3. The van der Waals surface area contributed by atoms with E-state index in [1.807, 2.05) is 24.3 Å². The van der Waals surface area contributed by atoms with E-state index in [-0.39, 0.29) is 6.42 Å². The first-order valence-electron chi connectivity index (χ1n) is 5.43. The average Bonchev–Trinajstić information content (AvgIpc) is 2.36. The molecule has 1 unspecified atom stereocenters. The fourth-order valence-electron chi connectivity index (χ4n) is 1.32. The lowest BCUT2D eigenvalue weighted by Gasteiger charge is -2.09. The van der Waals surface area contributed by atoms with E-state index >= 15 is 0 Å². The molecule has 1 aromatic carbocycles. The molecule has 0 aliphatic heterocycles. The molecule has 1 rings (SSSR count). The highest BCUT2D eigenvalue weighted by Gasteiger charge is 2.17. The van der Waals surface area contributed by atoms with E-state index < -0.39 is 17.9 Å². The second-order valence-corrected chi connectivity index (χ2v) is 4.61. The Balaban J connectivity index is 2.64. The number of rotatable bonds is 5. The van der Waals surface area contributed by atoms with Crippen LogP contribution in [0, 0.1) is 12.3 Å². The van der Waals surface area contributed by atoms with E-state index in [0.29, 0.717) is 0 Å². The fraction of sp³-hybridized carbons (Fsp3) is 0.143. The molecule has 0 aromatic heterocycles. The van der Waals surface area contributed by atoms with Crippen molar-refractivity contribution in [1.82, 2.24) is 5.32 Å². The summed E-state index contributed by atoms with van der Waals surface area (Å²) in [6.45, 7) is 0. The Morgan fingerprint density at radius 3 is 2.84 bits per heavy atom. The number of hydrogen-bond donors (Lipinski definition) is 2. The maximum atomic E-state index is 11.5. The zero-order valence-corrected chi connectivity index (χ0v) is 11.6. The predicted octanol–water partition coefficient (Wildman–Crippen LogP) is 2.05. The molecular weight excluding hydrogens is 310 g/mol. The number of carboxylic acid groups (broad SMARTS) is 1. The topological polar surface area (TPSA) is 66.4 Å². The maximum absolute atomic E-state index is 11.5. The highest BCUT2D eigenvalue weighted by atomic mass is 79.9. The number of terminal acetylenes is 1. The second-order valence-electron chi connectivity index (χ2n) is 3.70. The standard InChI is InChI=1S/C14H12BrNO3/c1-2-4-12(14(18)19)16-13(17)8-7-10-5-3-6-11(15)9-10/h1,3,5-9,12H,4H2,(H,16,17)(H,18,19)/b8-7+. The van der Waals surface area contributed by atoms with E-state index in [1.165, 1.54) is 6.08 Å². The quantitative estimate of drug-likeness (QED) is 0.644. The van der Waals surface area contributed by atoms with Crippen molar-refractivity contribution in [3.63, 3.8) is 0 Å². The second kappa shape index (κ2) is 7.39. The molecule has 0 radical (unpaired) electrons. The minimum atomic E-state index is -1.15. The van der Waals surface area contributed by atoms with Crippen LogP contribution in [0.5, 0.6) is 0 Å². The minimum Gasteiger partial charge on any atom is -0.480 e. The summed E-state index contributed by atoms with van der Waals surface area (Å²) in [5.41, 5.74) is 0.827. The molecule has 0 saturated carbocycles. The summed E-state index contributed by atoms with van der Waals surface area (Å²) < 4.78 is 0.894. The number of carbonyl (C=O) groups is 2. The number of aliphatic carboxylic acids is 1. The molecule has 19 heavy (non-hydrogen) atoms. The highest BCUT2D eigenvalue weighted by molar-refractivity contribution is 9.10. The van der Waals surface area contributed by atoms with E-state index in [0.717, 1.165) is 10.0 Å². The highest BCUT2D eigenvalue weighted by Crippen LogP contribution is 2.12. The number of benzene rings is 1. The number of carbonyl (C=O) groups excluding carboxylic acids is 1. The van der Waals surface area contributed by atoms with Gasteiger partial charge >= 0.3 is 5.97 Å². The zero-order valence-electron chi connectivity index (χ0n) is 9.97. The molecule has 0 aliphatic carbocycles. The number of carboxylic acids is 1. The maximum Gasteiger partial charge on any atom is 0.327 e. The van der Waals surface area contributed by atoms with E-state index in [1.54, 1.807) is 6.08 Å². The third-order valence-corrected chi connectivity index (χ3v) is 2.71. The number of hydrogen-bond acceptors (Lipinski definition) is 2. The number of amides is 1. The smallest absolute Gasteiger partial charge is 0.327 e. The van der Waals surface area contributed by atoms with Crippen molar-refractivity contribution in [3.05, 3.63) is 40.4 Å². The van der Waals surface area contributed by atoms with E-state index in [9.17, 15) is 9.59 Å². The van der Waals surface area contributed by atoms with Gasteiger partial charge in [-0.3, -0.25) is 4.79 Å². The van der Waals surface area contributed by atoms with Crippen LogP contribution >= 0.6 is 15.9 Å². The van der Waals surface area contributed by atoms with Crippen molar-refractivity contribution in [2.75, 3.05) is 0 Å². The van der Waals surface area contributed by atoms with Crippen molar-refractivity contribution in [2.24, 2.45) is 0 Å². The Labute approximate surface area is 119 Å². The molecule has 1 atom stereocenters. The van der Waals surface area contributed by atoms with Crippen LogP contribution in [0.25, 0.3) is 6.08 Å². The Kier molecular flexibility index (Phi) is 5.83. The molecule has 0 spiro atoms. The van der Waals surface area contributed by atoms with Crippen LogP contribution in [0.2, 0.25) is 0 Å². The SMILES string of the molecule is C#CCC(NC(=O)/C=C/c1cccc(Br)c1)C(=O)O. The largest absolute Gasteiger partial charge is 0.480 e. The lowest BCUT2D eigenvalue weighted by atomic mass is 10.2. The third kappa shape index (κ3) is 5.40. The molecule has 98 valence electrons. The van der Waals surface area contributed by atoms with Crippen molar-refractivity contribution in [1.29, 1.82) is 0 Å². The van der Waals surface area contributed by atoms with Gasteiger partial charge in [0.2, 0.25) is 5.91 Å². The molecule has 0 heterocycles. The number of halogens is 1. The van der Waals surface area contributed by atoms with Gasteiger partial charge in [-0.25, -0.2) is 4.79 Å². The first-order valence-corrected chi connectivity index (χ1v) is 6.22. The van der Waals surface area contributed by atoms with E-state index in [2.05, 4.69) is 27.2 Å². The summed E-state index contributed by atoms with van der Waals surface area (Å²) in [4.78, 5) is 22.4. The van der Waals surface area contributed by atoms with Crippen LogP contribution in [0.4, 0.5) is 0 Å². The first kappa shape index (κ1) is 15.0. The molecule has 5 heteroatoms. The van der Waals surface area contributed by atoms with Crippen molar-refractivity contribution in [2.45, 2.75) is 12.5 Å². The van der Waals surface area contributed by atoms with Gasteiger partial charge in [-0.15, -0.1) is 12.3 Å². The van der Waals surface area contributed by atoms with Crippen LogP contribution < -0.4 is 5.32 Å². The van der Waals surface area contributed by atoms with Gasteiger partial charge in [0.1, 0.15) is 6.04 Å². The Morgan fingerprint density at radius 1 is 1.53 bits per heavy atom. The molecule has 0 fully saturated rings. The molecule has 1 amide bonds. The van der Waals surface area contributed by atoms with Gasteiger partial charge in [0.05, 0.1) is 0 Å². The molecule has 4 nitrogen and oxygen atoms in total. The normalized spacial score (nSPS) is 11.8. The summed E-state index contributed by atoms with van der Waals surface area (Å²) in [7, 11) is 0. The van der Waals surface area contributed by atoms with Crippen LogP contribution in [0.15, 0.2) is 34.8 Å². The fourth-order valence-corrected chi connectivity index (χ4v) is 1.74. The van der Waals surface area contributed by atoms with Crippen molar-refractivity contribution in [3.8, 4) is 12.3 Å². The Hall–Kier alpha value is -2.06. The summed E-state index contributed by atoms with van der Waals surface area (Å²) in [6.07, 6.45) is 7.85. The number of nitrogens with one attached hydrogen (secondary N) is 1. The molecule has 0 saturated heterocycles. The lowest BCUT2D eigenvalue weighted by molar-refractivity contribution is -0.141. The summed E-state index contributed by atoms with van der Waals surface area (Å²) >= 11 is 3.31. The van der Waals surface area contributed by atoms with Gasteiger partial charge in [0.15, 0.2) is 0 Å². The average molecular weight is 322 g/mol. The Morgan fingerprint density at radius 2 is 2.26 bits per heavy atom. The first-order chi connectivity index (χ1) is 9.02. The molecule has 0 aliphatic rings. The van der Waals surface area contributed by atoms with Gasteiger partial charge in [-0.05, 0) is 23.8 Å². The van der Waals surface area contributed by atoms with Crippen LogP contribution in [-0.2, 0) is 9.59 Å². The van der Waals surface area contributed by atoms with Crippen molar-refractivity contribution >= 4 is 33.9 Å². The van der Waals surface area contributed by atoms with Crippen LogP contribution in [-0.4, -0.2) is 23.0 Å². The van der Waals surface area contributed by atoms with Gasteiger partial charge < -0.3 is 10.4 Å². The Bertz CT molecular complexity index is 546. The third-order valence-electron chi connectivity index (χ3n) is 2.21. The summed E-state index contributed by atoms with van der Waals surface area (Å²) in [5.74, 6) is 0.562. The zero-order chi connectivity index (χ0) is 14.3. The van der Waals surface area contributed by atoms with Gasteiger partial charge in [0, 0.05) is 17.0 Å². The molecule has 1 aromatic rings. The molecule has 2 N–H and O–H groups in total. The summed E-state index contributed by atoms with van der Waals surface area (Å²) in [6, 6.07) is 6.29. The van der Waals surface area contributed by atoms with Gasteiger partial charge in [0.25, 0.3) is 0 Å². The summed E-state index contributed by atoms with van der Waals surface area (Å²) in [5, 5.41) is 11.2. The molecule has 0 bridgehead atoms. The monoisotopic (exact) mass is 321 g/mol. The van der Waals surface area contributed by atoms with Gasteiger partial charge in [-0.2, -0.15) is 0 Å². The lowest BCUT2D eigenvalue weighted by Crippen LogP contribution is -2.39.